The molecule has 0 spiro atoms. The Morgan fingerprint density at radius 1 is 1.39 bits per heavy atom. The second-order valence-corrected chi connectivity index (χ2v) is 6.17. The minimum absolute atomic E-state index is 0.0399. The van der Waals surface area contributed by atoms with Crippen molar-refractivity contribution < 1.29 is 13.9 Å². The van der Waals surface area contributed by atoms with Crippen molar-refractivity contribution in [3.63, 3.8) is 0 Å². The molecule has 6 heteroatoms. The number of halogens is 1. The van der Waals surface area contributed by atoms with E-state index in [1.807, 2.05) is 6.92 Å². The smallest absolute Gasteiger partial charge is 0.221 e. The third kappa shape index (κ3) is 6.54. The first-order chi connectivity index (χ1) is 11.0. The van der Waals surface area contributed by atoms with E-state index in [1.54, 1.807) is 12.1 Å². The van der Waals surface area contributed by atoms with Gasteiger partial charge in [0, 0.05) is 38.1 Å². The molecule has 5 nitrogen and oxygen atoms in total. The van der Waals surface area contributed by atoms with Crippen LogP contribution in [0.3, 0.4) is 0 Å². The lowest BCUT2D eigenvalue weighted by Gasteiger charge is -2.32. The van der Waals surface area contributed by atoms with Crippen molar-refractivity contribution in [2.45, 2.75) is 38.3 Å². The summed E-state index contributed by atoms with van der Waals surface area (Å²) >= 11 is 0. The monoisotopic (exact) mass is 323 g/mol. The SMILES string of the molecule is CC(N)CC(=O)NC1CCN(CCOc2ccc(F)cc2)CC1. The molecule has 0 bridgehead atoms. The first-order valence-corrected chi connectivity index (χ1v) is 8.18. The molecule has 0 aromatic heterocycles. The number of amides is 1. The Labute approximate surface area is 137 Å². The van der Waals surface area contributed by atoms with Gasteiger partial charge in [0.2, 0.25) is 5.91 Å². The third-order valence-corrected chi connectivity index (χ3v) is 3.95. The highest BCUT2D eigenvalue weighted by atomic mass is 19.1. The average molecular weight is 323 g/mol. The van der Waals surface area contributed by atoms with Gasteiger partial charge in [0.15, 0.2) is 0 Å². The van der Waals surface area contributed by atoms with Gasteiger partial charge in [0.25, 0.3) is 0 Å². The van der Waals surface area contributed by atoms with E-state index >= 15 is 0 Å². The molecule has 3 N–H and O–H groups in total. The molecule has 23 heavy (non-hydrogen) atoms. The molecule has 0 radical (unpaired) electrons. The molecular formula is C17H26FN3O2. The third-order valence-electron chi connectivity index (χ3n) is 3.95. The summed E-state index contributed by atoms with van der Waals surface area (Å²) in [7, 11) is 0. The molecule has 128 valence electrons. The maximum absolute atomic E-state index is 12.8. The van der Waals surface area contributed by atoms with Gasteiger partial charge in [-0.05, 0) is 44.0 Å². The number of ether oxygens (including phenoxy) is 1. The van der Waals surface area contributed by atoms with E-state index in [-0.39, 0.29) is 23.8 Å². The number of hydrogen-bond acceptors (Lipinski definition) is 4. The van der Waals surface area contributed by atoms with Gasteiger partial charge in [-0.2, -0.15) is 0 Å². The van der Waals surface area contributed by atoms with Crippen LogP contribution in [0.1, 0.15) is 26.2 Å². The van der Waals surface area contributed by atoms with Gasteiger partial charge in [-0.3, -0.25) is 9.69 Å². The summed E-state index contributed by atoms with van der Waals surface area (Å²) < 4.78 is 18.4. The lowest BCUT2D eigenvalue weighted by Crippen LogP contribution is -2.46. The van der Waals surface area contributed by atoms with E-state index in [9.17, 15) is 9.18 Å². The molecule has 1 aromatic rings. The van der Waals surface area contributed by atoms with Gasteiger partial charge in [-0.1, -0.05) is 0 Å². The van der Waals surface area contributed by atoms with Crippen molar-refractivity contribution in [1.29, 1.82) is 0 Å². The summed E-state index contributed by atoms with van der Waals surface area (Å²) in [5, 5.41) is 3.05. The summed E-state index contributed by atoms with van der Waals surface area (Å²) in [5.41, 5.74) is 5.63. The Hall–Kier alpha value is -1.66. The average Bonchev–Trinajstić information content (AvgIpc) is 2.50. The van der Waals surface area contributed by atoms with Crippen LogP contribution >= 0.6 is 0 Å². The lowest BCUT2D eigenvalue weighted by atomic mass is 10.0. The Bertz CT molecular complexity index is 485. The Balaban J connectivity index is 1.61. The molecule has 0 saturated carbocycles. The van der Waals surface area contributed by atoms with Crippen LogP contribution in [0.4, 0.5) is 4.39 Å². The van der Waals surface area contributed by atoms with Crippen LogP contribution in [0, 0.1) is 5.82 Å². The van der Waals surface area contributed by atoms with E-state index in [0.717, 1.165) is 32.5 Å². The van der Waals surface area contributed by atoms with E-state index in [2.05, 4.69) is 10.2 Å². The second kappa shape index (κ2) is 8.84. The van der Waals surface area contributed by atoms with E-state index in [0.29, 0.717) is 18.8 Å². The van der Waals surface area contributed by atoms with Crippen molar-refractivity contribution in [2.24, 2.45) is 5.73 Å². The first-order valence-electron chi connectivity index (χ1n) is 8.18. The molecule has 1 unspecified atom stereocenters. The van der Waals surface area contributed by atoms with Crippen molar-refractivity contribution in [2.75, 3.05) is 26.2 Å². The molecule has 1 aliphatic heterocycles. The number of carbonyl (C=O) groups excluding carboxylic acids is 1. The van der Waals surface area contributed by atoms with E-state index < -0.39 is 0 Å². The van der Waals surface area contributed by atoms with Crippen molar-refractivity contribution in [3.05, 3.63) is 30.1 Å². The summed E-state index contributed by atoms with van der Waals surface area (Å²) in [4.78, 5) is 14.0. The number of carbonyl (C=O) groups is 1. The quantitative estimate of drug-likeness (QED) is 0.798. The molecule has 1 heterocycles. The van der Waals surface area contributed by atoms with Crippen molar-refractivity contribution >= 4 is 5.91 Å². The summed E-state index contributed by atoms with van der Waals surface area (Å²) in [6.07, 6.45) is 2.27. The number of rotatable bonds is 7. The zero-order valence-electron chi connectivity index (χ0n) is 13.6. The zero-order chi connectivity index (χ0) is 16.7. The van der Waals surface area contributed by atoms with Crippen LogP contribution in [0.15, 0.2) is 24.3 Å². The van der Waals surface area contributed by atoms with Gasteiger partial charge in [0.05, 0.1) is 0 Å². The zero-order valence-corrected chi connectivity index (χ0v) is 13.6. The first kappa shape index (κ1) is 17.7. The van der Waals surface area contributed by atoms with Crippen LogP contribution in [0.2, 0.25) is 0 Å². The predicted octanol–water partition coefficient (Wildman–Crippen LogP) is 1.52. The topological polar surface area (TPSA) is 67.6 Å². The highest BCUT2D eigenvalue weighted by Crippen LogP contribution is 2.13. The highest BCUT2D eigenvalue weighted by molar-refractivity contribution is 5.76. The number of benzene rings is 1. The molecule has 1 saturated heterocycles. The maximum atomic E-state index is 12.8. The molecule has 0 aliphatic carbocycles. The number of nitrogens with one attached hydrogen (secondary N) is 1. The fourth-order valence-electron chi connectivity index (χ4n) is 2.70. The predicted molar refractivity (Wildman–Crippen MR) is 87.8 cm³/mol. The van der Waals surface area contributed by atoms with E-state index in [4.69, 9.17) is 10.5 Å². The van der Waals surface area contributed by atoms with Gasteiger partial charge in [-0.15, -0.1) is 0 Å². The fourth-order valence-corrected chi connectivity index (χ4v) is 2.70. The van der Waals surface area contributed by atoms with Crippen molar-refractivity contribution in [3.8, 4) is 5.75 Å². The van der Waals surface area contributed by atoms with Crippen molar-refractivity contribution in [1.82, 2.24) is 10.2 Å². The summed E-state index contributed by atoms with van der Waals surface area (Å²) in [5.74, 6) is 0.466. The number of likely N-dealkylation sites (tertiary alicyclic amines) is 1. The lowest BCUT2D eigenvalue weighted by molar-refractivity contribution is -0.122. The Morgan fingerprint density at radius 3 is 2.65 bits per heavy atom. The largest absolute Gasteiger partial charge is 0.492 e. The fraction of sp³-hybridized carbons (Fsp3) is 0.588. The summed E-state index contributed by atoms with van der Waals surface area (Å²) in [6, 6.07) is 6.21. The maximum Gasteiger partial charge on any atom is 0.221 e. The van der Waals surface area contributed by atoms with Gasteiger partial charge >= 0.3 is 0 Å². The second-order valence-electron chi connectivity index (χ2n) is 6.17. The number of nitrogens with two attached hydrogens (primary N) is 1. The van der Waals surface area contributed by atoms with Crippen LogP contribution in [0.25, 0.3) is 0 Å². The molecular weight excluding hydrogens is 297 g/mol. The number of piperidine rings is 1. The number of hydrogen-bond donors (Lipinski definition) is 2. The Kier molecular flexibility index (Phi) is 6.80. The Morgan fingerprint density at radius 2 is 2.04 bits per heavy atom. The van der Waals surface area contributed by atoms with E-state index in [1.165, 1.54) is 12.1 Å². The van der Waals surface area contributed by atoms with Gasteiger partial charge in [0.1, 0.15) is 18.2 Å². The highest BCUT2D eigenvalue weighted by Gasteiger charge is 2.20. The van der Waals surface area contributed by atoms with Crippen LogP contribution < -0.4 is 15.8 Å². The molecule has 1 amide bonds. The van der Waals surface area contributed by atoms with Crippen LogP contribution in [-0.4, -0.2) is 49.1 Å². The normalized spacial score (nSPS) is 17.7. The minimum atomic E-state index is -0.259. The molecule has 1 aromatic carbocycles. The molecule has 1 atom stereocenters. The number of nitrogens with zero attached hydrogens (tertiary/aromatic N) is 1. The van der Waals surface area contributed by atoms with Crippen LogP contribution in [0.5, 0.6) is 5.75 Å². The molecule has 1 fully saturated rings. The minimum Gasteiger partial charge on any atom is -0.492 e. The van der Waals surface area contributed by atoms with Gasteiger partial charge in [-0.25, -0.2) is 4.39 Å². The summed E-state index contributed by atoms with van der Waals surface area (Å²) in [6.45, 7) is 5.13. The molecule has 1 aliphatic rings. The van der Waals surface area contributed by atoms with Crippen LogP contribution in [-0.2, 0) is 4.79 Å². The molecule has 2 rings (SSSR count). The standard InChI is InChI=1S/C17H26FN3O2/c1-13(19)12-17(22)20-15-6-8-21(9-7-15)10-11-23-16-4-2-14(18)3-5-16/h2-5,13,15H,6-12,19H2,1H3,(H,20,22). The van der Waals surface area contributed by atoms with Gasteiger partial charge < -0.3 is 15.8 Å².